The van der Waals surface area contributed by atoms with Gasteiger partial charge in [-0.05, 0) is 49.5 Å². The van der Waals surface area contributed by atoms with Crippen molar-refractivity contribution < 1.29 is 82.8 Å². The molecule has 1 aromatic rings. The maximum Gasteiger partial charge on any atom is 0.305 e. The lowest BCUT2D eigenvalue weighted by Crippen LogP contribution is -2.60. The fraction of sp³-hybridized carbons (Fsp3) is 0.677. The van der Waals surface area contributed by atoms with Crippen molar-refractivity contribution >= 4 is 82.8 Å². The molecule has 2 saturated heterocycles. The Hall–Kier alpha value is -8.52. The van der Waals surface area contributed by atoms with Crippen molar-refractivity contribution in [1.29, 1.82) is 0 Å². The zero-order valence-electron chi connectivity index (χ0n) is 55.0. The Morgan fingerprint density at radius 2 is 1.17 bits per heavy atom. The van der Waals surface area contributed by atoms with Crippen LogP contribution in [-0.4, -0.2) is 233 Å². The van der Waals surface area contributed by atoms with Crippen LogP contribution in [0.3, 0.4) is 0 Å². The van der Waals surface area contributed by atoms with Gasteiger partial charge in [-0.3, -0.25) is 67.3 Å². The Morgan fingerprint density at radius 1 is 0.628 bits per heavy atom. The molecule has 524 valence electrons. The molecule has 12 amide bonds. The highest BCUT2D eigenvalue weighted by molar-refractivity contribution is 6.00. The number of nitrogens with two attached hydrogens (primary N) is 1. The second-order valence-electron chi connectivity index (χ2n) is 24.5. The van der Waals surface area contributed by atoms with E-state index in [9.17, 15) is 82.8 Å². The highest BCUT2D eigenvalue weighted by Gasteiger charge is 2.45. The van der Waals surface area contributed by atoms with Crippen molar-refractivity contribution in [2.24, 2.45) is 28.5 Å². The van der Waals surface area contributed by atoms with Gasteiger partial charge in [-0.1, -0.05) is 103 Å². The van der Waals surface area contributed by atoms with Crippen molar-refractivity contribution in [3.8, 4) is 0 Å². The van der Waals surface area contributed by atoms with Gasteiger partial charge >= 0.3 is 5.97 Å². The van der Waals surface area contributed by atoms with Crippen LogP contribution in [0.1, 0.15) is 131 Å². The monoisotopic (exact) mass is 1330 g/mol. The minimum Gasteiger partial charge on any atom is -0.481 e. The molecule has 17 N–H and O–H groups in total. The van der Waals surface area contributed by atoms with Crippen LogP contribution in [0, 0.1) is 17.8 Å². The minimum atomic E-state index is -1.81. The topological polar surface area (TPSA) is 480 Å². The molecule has 4 rings (SSSR count). The second-order valence-corrected chi connectivity index (χ2v) is 24.5. The lowest BCUT2D eigenvalue weighted by atomic mass is 9.84. The molecule has 0 aromatic heterocycles. The summed E-state index contributed by atoms with van der Waals surface area (Å²) in [6.45, 7) is 7.18. The van der Waals surface area contributed by atoms with Crippen molar-refractivity contribution in [3.05, 3.63) is 35.9 Å². The minimum absolute atomic E-state index is 0.0340. The number of aliphatic carboxylic acids is 1. The van der Waals surface area contributed by atoms with Crippen LogP contribution in [0.25, 0.3) is 0 Å². The predicted octanol–water partition coefficient (Wildman–Crippen LogP) is -4.22. The van der Waals surface area contributed by atoms with Gasteiger partial charge in [0.1, 0.15) is 60.4 Å². The molecule has 32 nitrogen and oxygen atoms in total. The summed E-state index contributed by atoms with van der Waals surface area (Å²) >= 11 is 0. The van der Waals surface area contributed by atoms with E-state index in [-0.39, 0.29) is 82.4 Å². The van der Waals surface area contributed by atoms with E-state index >= 15 is 0 Å². The van der Waals surface area contributed by atoms with Gasteiger partial charge in [-0.15, -0.1) is 0 Å². The standard InChI is InChI=1S/C62H99N15O17/c1-9-33(3)50(59(92)64-7)74-53(86)41(22-17-23-66-62(63)65-8)70-56(89)44(28-49(83)84)72-60(93)51(34(4)10-2)75-58(91)46-26-39(80)30-76(46)48(82)29-67-52(85)35(5)68-54(87)43(25-38-20-15-12-16-21-38)71-57(90)47-27-40(81)31-77(47)61(94)45(32-78)73-55(88)42(69-36(6)79)24-37-18-13-11-14-19-37/h11,13-14,18-19,33-35,38-47,50-51,78,80-81H,9-10,12,15-17,20-32H2,1-8H3,(H,64,92)(H,67,85)(H,68,87)(H,69,79)(H,70,89)(H,71,90)(H,72,93)(H,73,88)(H,74,86)(H,75,91)(H,83,84)(H3,63,65,66)/t33-,34-,35+,39+,40-,41-,42+,43-,44-,45-,46-,47+,50-,51-/m0/s1. The normalized spacial score (nSPS) is 20.5. The first-order valence-electron chi connectivity index (χ1n) is 32.2. The summed E-state index contributed by atoms with van der Waals surface area (Å²) in [6, 6.07) is -5.06. The molecule has 0 bridgehead atoms. The number of carbonyl (C=O) groups is 13. The van der Waals surface area contributed by atoms with Crippen molar-refractivity contribution in [1.82, 2.24) is 68.3 Å². The first kappa shape index (κ1) is 77.9. The number of β-amino-alcohol motifs (C(OH)–C–C–N with tert-alkyl or cyclic N) is 2. The highest BCUT2D eigenvalue weighted by Crippen LogP contribution is 2.28. The van der Waals surface area contributed by atoms with Gasteiger partial charge in [0.2, 0.25) is 70.9 Å². The summed E-state index contributed by atoms with van der Waals surface area (Å²) in [4.78, 5) is 183. The second kappa shape index (κ2) is 38.6. The average Bonchev–Trinajstić information content (AvgIpc) is 1.67. The number of hydrogen-bond acceptors (Lipinski definition) is 17. The number of nitrogens with one attached hydrogen (secondary N) is 11. The summed E-state index contributed by atoms with van der Waals surface area (Å²) in [5.41, 5.74) is 6.44. The molecule has 1 aliphatic carbocycles. The number of carbonyl (C=O) groups excluding carboxylic acids is 12. The van der Waals surface area contributed by atoms with Gasteiger partial charge in [0.25, 0.3) is 0 Å². The number of carboxylic acid groups (broad SMARTS) is 1. The van der Waals surface area contributed by atoms with E-state index in [1.54, 1.807) is 51.1 Å². The van der Waals surface area contributed by atoms with Crippen LogP contribution >= 0.6 is 0 Å². The zero-order chi connectivity index (χ0) is 69.9. The maximum absolute atomic E-state index is 14.2. The number of guanidine groups is 1. The molecule has 2 aliphatic heterocycles. The number of hydrogen-bond donors (Lipinski definition) is 16. The van der Waals surface area contributed by atoms with E-state index in [4.69, 9.17) is 5.73 Å². The molecule has 0 spiro atoms. The fourth-order valence-corrected chi connectivity index (χ4v) is 11.5. The van der Waals surface area contributed by atoms with Gasteiger partial charge in [0, 0.05) is 59.9 Å². The van der Waals surface area contributed by atoms with E-state index in [2.05, 4.69) is 63.5 Å². The summed E-state index contributed by atoms with van der Waals surface area (Å²) in [5.74, 6) is -12.3. The first-order valence-corrected chi connectivity index (χ1v) is 32.2. The molecule has 1 saturated carbocycles. The molecule has 94 heavy (non-hydrogen) atoms. The number of amides is 12. The van der Waals surface area contributed by atoms with E-state index in [0.717, 1.165) is 41.9 Å². The lowest BCUT2D eigenvalue weighted by molar-refractivity contribution is -0.143. The summed E-state index contributed by atoms with van der Waals surface area (Å²) < 4.78 is 0. The largest absolute Gasteiger partial charge is 0.481 e. The Kier molecular flexibility index (Phi) is 32.0. The third-order valence-electron chi connectivity index (χ3n) is 17.3. The lowest BCUT2D eigenvalue weighted by Gasteiger charge is -2.31. The van der Waals surface area contributed by atoms with Crippen LogP contribution in [0.4, 0.5) is 0 Å². The zero-order valence-corrected chi connectivity index (χ0v) is 55.0. The van der Waals surface area contributed by atoms with Crippen molar-refractivity contribution in [2.45, 2.75) is 204 Å². The number of nitrogens with zero attached hydrogens (tertiary/aromatic N) is 3. The SMILES string of the molecule is CC[C@H](C)[C@H](NC(=O)[C@H](CCCNC(N)=NC)NC(=O)[C@H](CC(=O)O)NC(=O)[C@@H](NC(=O)[C@@H]1C[C@@H](O)CN1C(=O)CNC(=O)[C@@H](C)NC(=O)[C@H](CC1CCCCC1)NC(=O)[C@H]1C[C@H](O)CN1C(=O)[C@H](CO)NC(=O)[C@@H](Cc1ccccc1)NC(C)=O)[C@@H](C)CC)C(=O)NC. The molecular weight excluding hydrogens is 1230 g/mol. The van der Waals surface area contributed by atoms with Crippen LogP contribution in [0.5, 0.6) is 0 Å². The van der Waals surface area contributed by atoms with Crippen molar-refractivity contribution in [3.63, 3.8) is 0 Å². The van der Waals surface area contributed by atoms with Crippen LogP contribution in [-0.2, 0) is 68.7 Å². The third-order valence-corrected chi connectivity index (χ3v) is 17.3. The third kappa shape index (κ3) is 24.1. The highest BCUT2D eigenvalue weighted by atomic mass is 16.4. The van der Waals surface area contributed by atoms with Gasteiger partial charge in [0.15, 0.2) is 5.96 Å². The maximum atomic E-state index is 14.2. The average molecular weight is 1330 g/mol. The van der Waals surface area contributed by atoms with Crippen LogP contribution < -0.4 is 64.2 Å². The summed E-state index contributed by atoms with van der Waals surface area (Å²) in [5, 5.41) is 70.1. The Labute approximate surface area is 547 Å². The van der Waals surface area contributed by atoms with Gasteiger partial charge in [-0.2, -0.15) is 0 Å². The number of rotatable bonds is 35. The number of aliphatic hydroxyl groups excluding tert-OH is 3. The number of aliphatic hydroxyl groups is 3. The quantitative estimate of drug-likeness (QED) is 0.0174. The Morgan fingerprint density at radius 3 is 1.74 bits per heavy atom. The molecule has 0 unspecified atom stereocenters. The fourth-order valence-electron chi connectivity index (χ4n) is 11.5. The Balaban J connectivity index is 1.44. The number of likely N-dealkylation sites (N-methyl/N-ethyl adjacent to an activating group) is 1. The van der Waals surface area contributed by atoms with Gasteiger partial charge in [-0.25, -0.2) is 0 Å². The smallest absolute Gasteiger partial charge is 0.305 e. The molecule has 3 aliphatic rings. The molecule has 32 heteroatoms. The molecule has 3 fully saturated rings. The first-order chi connectivity index (χ1) is 44.5. The molecule has 2 heterocycles. The van der Waals surface area contributed by atoms with Crippen molar-refractivity contribution in [2.75, 3.05) is 46.9 Å². The number of benzene rings is 1. The molecule has 14 atom stereocenters. The molecular formula is C62H99N15O17. The van der Waals surface area contributed by atoms with Gasteiger partial charge < -0.3 is 94.4 Å². The van der Waals surface area contributed by atoms with E-state index in [1.165, 1.54) is 27.9 Å². The van der Waals surface area contributed by atoms with Gasteiger partial charge in [0.05, 0.1) is 31.8 Å². The molecule has 0 radical (unpaired) electrons. The van der Waals surface area contributed by atoms with Crippen LogP contribution in [0.15, 0.2) is 35.3 Å². The molecule has 1 aromatic carbocycles. The summed E-state index contributed by atoms with van der Waals surface area (Å²) in [6.07, 6.45) is 1.23. The van der Waals surface area contributed by atoms with E-state index in [0.29, 0.717) is 12.0 Å². The predicted molar refractivity (Wildman–Crippen MR) is 340 cm³/mol. The number of likely N-dealkylation sites (tertiary alicyclic amines) is 2. The van der Waals surface area contributed by atoms with E-state index in [1.807, 2.05) is 6.92 Å². The van der Waals surface area contributed by atoms with E-state index < -0.39 is 175 Å². The summed E-state index contributed by atoms with van der Waals surface area (Å²) in [7, 11) is 2.85. The Bertz CT molecular complexity index is 2830. The van der Waals surface area contributed by atoms with Crippen LogP contribution in [0.2, 0.25) is 0 Å². The number of carboxylic acids is 1. The number of aliphatic imine (C=N–C) groups is 1.